The number of hydrogen-bond acceptors (Lipinski definition) is 3. The summed E-state index contributed by atoms with van der Waals surface area (Å²) in [7, 11) is 0. The monoisotopic (exact) mass is 270 g/mol. The Morgan fingerprint density at radius 3 is 2.11 bits per heavy atom. The molecule has 0 aromatic heterocycles. The van der Waals surface area contributed by atoms with Crippen molar-refractivity contribution in [3.8, 4) is 0 Å². The smallest absolute Gasteiger partial charge is 0.407 e. The van der Waals surface area contributed by atoms with Crippen molar-refractivity contribution in [2.75, 3.05) is 13.1 Å². The van der Waals surface area contributed by atoms with Gasteiger partial charge >= 0.3 is 6.09 Å². The molecule has 0 radical (unpaired) electrons. The second-order valence-corrected chi connectivity index (χ2v) is 7.58. The zero-order chi connectivity index (χ0) is 14.7. The number of rotatable bonds is 2. The molecule has 0 aromatic rings. The highest BCUT2D eigenvalue weighted by Gasteiger charge is 2.35. The minimum Gasteiger partial charge on any atom is -0.444 e. The van der Waals surface area contributed by atoms with Gasteiger partial charge in [0.2, 0.25) is 0 Å². The third-order valence-electron chi connectivity index (χ3n) is 3.46. The van der Waals surface area contributed by atoms with Crippen LogP contribution in [0.2, 0.25) is 0 Å². The minimum atomic E-state index is -0.444. The third-order valence-corrected chi connectivity index (χ3v) is 3.46. The zero-order valence-electron chi connectivity index (χ0n) is 13.3. The van der Waals surface area contributed by atoms with Gasteiger partial charge < -0.3 is 15.4 Å². The van der Waals surface area contributed by atoms with Crippen molar-refractivity contribution in [1.82, 2.24) is 10.6 Å². The fourth-order valence-electron chi connectivity index (χ4n) is 2.65. The first-order chi connectivity index (χ1) is 8.59. The molecule has 2 N–H and O–H groups in total. The van der Waals surface area contributed by atoms with Crippen LogP contribution in [0.15, 0.2) is 0 Å². The topological polar surface area (TPSA) is 50.4 Å². The predicted octanol–water partition coefficient (Wildman–Crippen LogP) is 2.93. The van der Waals surface area contributed by atoms with Crippen LogP contribution in [0.1, 0.15) is 54.4 Å². The molecule has 1 fully saturated rings. The summed E-state index contributed by atoms with van der Waals surface area (Å²) in [6.45, 7) is 14.3. The van der Waals surface area contributed by atoms with E-state index in [0.717, 1.165) is 25.9 Å². The quantitative estimate of drug-likeness (QED) is 0.811. The van der Waals surface area contributed by atoms with E-state index in [1.807, 2.05) is 20.8 Å². The zero-order valence-corrected chi connectivity index (χ0v) is 13.3. The number of ether oxygens (including phenoxy) is 1. The molecule has 4 heteroatoms. The summed E-state index contributed by atoms with van der Waals surface area (Å²) in [5.41, 5.74) is -0.403. The maximum Gasteiger partial charge on any atom is 0.407 e. The third kappa shape index (κ3) is 5.81. The summed E-state index contributed by atoms with van der Waals surface area (Å²) >= 11 is 0. The van der Waals surface area contributed by atoms with Gasteiger partial charge in [0.15, 0.2) is 0 Å². The fourth-order valence-corrected chi connectivity index (χ4v) is 2.65. The lowest BCUT2D eigenvalue weighted by atomic mass is 9.75. The van der Waals surface area contributed by atoms with E-state index in [2.05, 4.69) is 31.4 Å². The number of amides is 1. The van der Waals surface area contributed by atoms with Gasteiger partial charge in [-0.1, -0.05) is 20.8 Å². The summed E-state index contributed by atoms with van der Waals surface area (Å²) in [5.74, 6) is 0.522. The van der Waals surface area contributed by atoms with E-state index in [9.17, 15) is 4.79 Å². The van der Waals surface area contributed by atoms with Crippen LogP contribution in [0.25, 0.3) is 0 Å². The molecule has 112 valence electrons. The summed E-state index contributed by atoms with van der Waals surface area (Å²) in [4.78, 5) is 12.0. The molecular formula is C15H30N2O2. The number of piperidine rings is 1. The molecule has 0 aliphatic carbocycles. The molecule has 1 aliphatic heterocycles. The average molecular weight is 270 g/mol. The van der Waals surface area contributed by atoms with Crippen molar-refractivity contribution >= 4 is 6.09 Å². The normalized spacial score (nSPS) is 19.9. The molecule has 1 saturated heterocycles. The van der Waals surface area contributed by atoms with Gasteiger partial charge in [-0.15, -0.1) is 0 Å². The molecule has 1 rings (SSSR count). The van der Waals surface area contributed by atoms with Crippen molar-refractivity contribution in [2.45, 2.75) is 66.0 Å². The number of carbonyl (C=O) groups excluding carboxylic acids is 1. The van der Waals surface area contributed by atoms with E-state index in [1.165, 1.54) is 0 Å². The SMILES string of the molecule is CC(C)(C)OC(=O)NC(C1CCNCC1)C(C)(C)C. The highest BCUT2D eigenvalue weighted by atomic mass is 16.6. The van der Waals surface area contributed by atoms with Crippen molar-refractivity contribution in [1.29, 1.82) is 0 Å². The Morgan fingerprint density at radius 1 is 1.16 bits per heavy atom. The second kappa shape index (κ2) is 6.12. The molecular weight excluding hydrogens is 240 g/mol. The Labute approximate surface area is 117 Å². The molecule has 1 unspecified atom stereocenters. The van der Waals surface area contributed by atoms with E-state index >= 15 is 0 Å². The Kier molecular flexibility index (Phi) is 5.25. The van der Waals surface area contributed by atoms with Crippen molar-refractivity contribution in [3.05, 3.63) is 0 Å². The number of nitrogens with one attached hydrogen (secondary N) is 2. The summed E-state index contributed by atoms with van der Waals surface area (Å²) in [6.07, 6.45) is 1.92. The van der Waals surface area contributed by atoms with Gasteiger partial charge in [-0.05, 0) is 58.0 Å². The average Bonchev–Trinajstić information content (AvgIpc) is 2.23. The van der Waals surface area contributed by atoms with Crippen LogP contribution >= 0.6 is 0 Å². The van der Waals surface area contributed by atoms with Gasteiger partial charge in [-0.25, -0.2) is 4.79 Å². The number of carbonyl (C=O) groups is 1. The molecule has 19 heavy (non-hydrogen) atoms. The summed E-state index contributed by atoms with van der Waals surface area (Å²) < 4.78 is 5.39. The largest absolute Gasteiger partial charge is 0.444 e. The highest BCUT2D eigenvalue weighted by molar-refractivity contribution is 5.68. The molecule has 1 aliphatic rings. The molecule has 1 amide bonds. The van der Waals surface area contributed by atoms with E-state index < -0.39 is 5.60 Å². The molecule has 0 aromatic carbocycles. The van der Waals surface area contributed by atoms with Gasteiger partial charge in [0.1, 0.15) is 5.60 Å². The molecule has 4 nitrogen and oxygen atoms in total. The van der Waals surface area contributed by atoms with E-state index in [0.29, 0.717) is 5.92 Å². The lowest BCUT2D eigenvalue weighted by molar-refractivity contribution is 0.0407. The number of alkyl carbamates (subject to hydrolysis) is 1. The minimum absolute atomic E-state index is 0.0406. The van der Waals surface area contributed by atoms with Gasteiger partial charge in [-0.3, -0.25) is 0 Å². The molecule has 1 atom stereocenters. The lowest BCUT2D eigenvalue weighted by Gasteiger charge is -2.39. The first-order valence-corrected chi connectivity index (χ1v) is 7.30. The van der Waals surface area contributed by atoms with E-state index in [4.69, 9.17) is 4.74 Å². The van der Waals surface area contributed by atoms with Crippen LogP contribution in [-0.2, 0) is 4.74 Å². The summed E-state index contributed by atoms with van der Waals surface area (Å²) in [5, 5.41) is 6.46. The first-order valence-electron chi connectivity index (χ1n) is 7.30. The van der Waals surface area contributed by atoms with Crippen molar-refractivity contribution < 1.29 is 9.53 Å². The second-order valence-electron chi connectivity index (χ2n) is 7.58. The van der Waals surface area contributed by atoms with Crippen LogP contribution < -0.4 is 10.6 Å². The van der Waals surface area contributed by atoms with Crippen LogP contribution in [0, 0.1) is 11.3 Å². The Morgan fingerprint density at radius 2 is 1.68 bits per heavy atom. The van der Waals surface area contributed by atoms with Gasteiger partial charge in [-0.2, -0.15) is 0 Å². The Hall–Kier alpha value is -0.770. The summed E-state index contributed by atoms with van der Waals surface area (Å²) in [6, 6.07) is 0.157. The van der Waals surface area contributed by atoms with Crippen molar-refractivity contribution in [3.63, 3.8) is 0 Å². The maximum atomic E-state index is 12.0. The van der Waals surface area contributed by atoms with Crippen LogP contribution in [0.5, 0.6) is 0 Å². The number of hydrogen-bond donors (Lipinski definition) is 2. The first kappa shape index (κ1) is 16.3. The molecule has 0 saturated carbocycles. The Bertz CT molecular complexity index is 296. The predicted molar refractivity (Wildman–Crippen MR) is 78.2 cm³/mol. The van der Waals surface area contributed by atoms with E-state index in [-0.39, 0.29) is 17.6 Å². The van der Waals surface area contributed by atoms with E-state index in [1.54, 1.807) is 0 Å². The maximum absolute atomic E-state index is 12.0. The molecule has 0 spiro atoms. The fraction of sp³-hybridized carbons (Fsp3) is 0.933. The van der Waals surface area contributed by atoms with Crippen molar-refractivity contribution in [2.24, 2.45) is 11.3 Å². The van der Waals surface area contributed by atoms with Gasteiger partial charge in [0, 0.05) is 6.04 Å². The Balaban J connectivity index is 2.67. The van der Waals surface area contributed by atoms with Crippen LogP contribution in [0.4, 0.5) is 4.79 Å². The molecule has 1 heterocycles. The molecule has 0 bridgehead atoms. The van der Waals surface area contributed by atoms with Gasteiger partial charge in [0.25, 0.3) is 0 Å². The highest BCUT2D eigenvalue weighted by Crippen LogP contribution is 2.30. The van der Waals surface area contributed by atoms with Crippen LogP contribution in [-0.4, -0.2) is 30.8 Å². The lowest BCUT2D eigenvalue weighted by Crippen LogP contribution is -2.52. The van der Waals surface area contributed by atoms with Gasteiger partial charge in [0.05, 0.1) is 0 Å². The standard InChI is InChI=1S/C15H30N2O2/c1-14(2,3)12(11-7-9-16-10-8-11)17-13(18)19-15(4,5)6/h11-12,16H,7-10H2,1-6H3,(H,17,18). The van der Waals surface area contributed by atoms with Crippen LogP contribution in [0.3, 0.4) is 0 Å².